The van der Waals surface area contributed by atoms with Gasteiger partial charge in [0.1, 0.15) is 0 Å². The highest BCUT2D eigenvalue weighted by Crippen LogP contribution is 2.31. The molecule has 0 aromatic carbocycles. The van der Waals surface area contributed by atoms with Crippen molar-refractivity contribution in [3.8, 4) is 0 Å². The standard InChI is InChI=1S/C30H64O8S2Si2/c1-9-33-41(34-10-2,35-11-3)23-15-21-39-27(7)31-25-29-17-19-30(20-18-29)26-32-28(8)40-22-16-24-42(36-12-4,37-13-5)38-14-6/h27-30H,9-26H2,1-8H3. The van der Waals surface area contributed by atoms with Gasteiger partial charge >= 0.3 is 17.6 Å². The van der Waals surface area contributed by atoms with Gasteiger partial charge in [-0.15, -0.1) is 23.5 Å². The molecule has 0 saturated heterocycles. The van der Waals surface area contributed by atoms with Gasteiger partial charge in [-0.2, -0.15) is 0 Å². The van der Waals surface area contributed by atoms with E-state index >= 15 is 0 Å². The zero-order chi connectivity index (χ0) is 31.1. The van der Waals surface area contributed by atoms with E-state index in [-0.39, 0.29) is 10.9 Å². The lowest BCUT2D eigenvalue weighted by Gasteiger charge is -2.30. The minimum Gasteiger partial charge on any atom is -0.374 e. The normalized spacial score (nSPS) is 19.7. The Balaban J connectivity index is 2.20. The van der Waals surface area contributed by atoms with Gasteiger partial charge in [-0.25, -0.2) is 0 Å². The van der Waals surface area contributed by atoms with E-state index in [0.717, 1.165) is 49.6 Å². The van der Waals surface area contributed by atoms with Crippen LogP contribution in [0.2, 0.25) is 12.1 Å². The third-order valence-electron chi connectivity index (χ3n) is 7.24. The van der Waals surface area contributed by atoms with Crippen molar-refractivity contribution in [3.63, 3.8) is 0 Å². The molecule has 252 valence electrons. The number of rotatable bonds is 28. The maximum Gasteiger partial charge on any atom is 0.500 e. The molecule has 0 spiro atoms. The molecule has 0 aromatic rings. The first-order chi connectivity index (χ1) is 20.3. The number of thioether (sulfide) groups is 2. The van der Waals surface area contributed by atoms with Crippen molar-refractivity contribution in [1.29, 1.82) is 0 Å². The Labute approximate surface area is 269 Å². The minimum absolute atomic E-state index is 0.203. The summed E-state index contributed by atoms with van der Waals surface area (Å²) in [5, 5.41) is 0. The highest BCUT2D eigenvalue weighted by molar-refractivity contribution is 7.99. The van der Waals surface area contributed by atoms with Crippen LogP contribution in [0.3, 0.4) is 0 Å². The molecule has 0 amide bonds. The van der Waals surface area contributed by atoms with Gasteiger partial charge in [-0.05, 0) is 117 Å². The summed E-state index contributed by atoms with van der Waals surface area (Å²) in [7, 11) is -5.07. The average Bonchev–Trinajstić information content (AvgIpc) is 2.97. The van der Waals surface area contributed by atoms with Gasteiger partial charge in [0.15, 0.2) is 0 Å². The van der Waals surface area contributed by atoms with Gasteiger partial charge in [0.25, 0.3) is 0 Å². The van der Waals surface area contributed by atoms with Crippen LogP contribution in [-0.2, 0) is 36.0 Å². The van der Waals surface area contributed by atoms with E-state index in [1.54, 1.807) is 0 Å². The molecule has 1 rings (SSSR count). The van der Waals surface area contributed by atoms with Gasteiger partial charge in [0.2, 0.25) is 0 Å². The fraction of sp³-hybridized carbons (Fsp3) is 1.00. The van der Waals surface area contributed by atoms with E-state index in [2.05, 4.69) is 13.8 Å². The van der Waals surface area contributed by atoms with Crippen LogP contribution in [0.25, 0.3) is 0 Å². The highest BCUT2D eigenvalue weighted by atomic mass is 32.2. The van der Waals surface area contributed by atoms with Crippen molar-refractivity contribution >= 4 is 41.1 Å². The summed E-state index contributed by atoms with van der Waals surface area (Å²) in [5.74, 6) is 3.38. The molecule has 0 heterocycles. The second kappa shape index (κ2) is 25.0. The van der Waals surface area contributed by atoms with Crippen LogP contribution >= 0.6 is 23.5 Å². The lowest BCUT2D eigenvalue weighted by molar-refractivity contribution is 0.0424. The van der Waals surface area contributed by atoms with Crippen LogP contribution in [0.4, 0.5) is 0 Å². The topological polar surface area (TPSA) is 73.8 Å². The van der Waals surface area contributed by atoms with Crippen LogP contribution in [-0.4, -0.2) is 92.8 Å². The number of ether oxygens (including phenoxy) is 2. The molecule has 0 bridgehead atoms. The molecule has 2 atom stereocenters. The van der Waals surface area contributed by atoms with Crippen molar-refractivity contribution in [1.82, 2.24) is 0 Å². The summed E-state index contributed by atoms with van der Waals surface area (Å²) in [4.78, 5) is 0. The van der Waals surface area contributed by atoms with E-state index in [1.807, 2.05) is 65.1 Å². The smallest absolute Gasteiger partial charge is 0.374 e. The molecule has 1 saturated carbocycles. The molecular weight excluding hydrogens is 609 g/mol. The molecule has 0 radical (unpaired) electrons. The Bertz CT molecular complexity index is 546. The van der Waals surface area contributed by atoms with Crippen molar-refractivity contribution in [2.24, 2.45) is 11.8 Å². The first kappa shape index (κ1) is 40.8. The van der Waals surface area contributed by atoms with Crippen LogP contribution in [0, 0.1) is 11.8 Å². The largest absolute Gasteiger partial charge is 0.500 e. The van der Waals surface area contributed by atoms with Gasteiger partial charge in [0.05, 0.1) is 24.1 Å². The highest BCUT2D eigenvalue weighted by Gasteiger charge is 2.40. The Morgan fingerprint density at radius 2 is 0.810 bits per heavy atom. The molecule has 42 heavy (non-hydrogen) atoms. The molecule has 0 aliphatic heterocycles. The molecule has 12 heteroatoms. The third kappa shape index (κ3) is 17.5. The monoisotopic (exact) mass is 672 g/mol. The zero-order valence-electron chi connectivity index (χ0n) is 28.1. The SMILES string of the molecule is CCO[Si](CCCSC(C)OCC1CCC(COC(C)SCCC[Si](OCC)(OCC)OCC)CC1)(OCC)OCC. The number of hydrogen-bond acceptors (Lipinski definition) is 10. The van der Waals surface area contributed by atoms with E-state index in [0.29, 0.717) is 51.5 Å². The first-order valence-corrected chi connectivity index (χ1v) is 22.6. The minimum atomic E-state index is -2.54. The van der Waals surface area contributed by atoms with Crippen molar-refractivity contribution < 1.29 is 36.0 Å². The predicted molar refractivity (Wildman–Crippen MR) is 181 cm³/mol. The van der Waals surface area contributed by atoms with Crippen molar-refractivity contribution in [2.45, 2.75) is 117 Å². The maximum atomic E-state index is 6.24. The molecule has 8 nitrogen and oxygen atoms in total. The van der Waals surface area contributed by atoms with Crippen LogP contribution in [0.5, 0.6) is 0 Å². The summed E-state index contributed by atoms with van der Waals surface area (Å²) < 4.78 is 48.3. The van der Waals surface area contributed by atoms with Gasteiger partial charge in [-0.3, -0.25) is 0 Å². The quantitative estimate of drug-likeness (QED) is 0.0466. The summed E-state index contributed by atoms with van der Waals surface area (Å²) >= 11 is 3.76. The van der Waals surface area contributed by atoms with E-state index in [1.165, 1.54) is 25.7 Å². The van der Waals surface area contributed by atoms with Crippen molar-refractivity contribution in [3.05, 3.63) is 0 Å². The lowest BCUT2D eigenvalue weighted by atomic mass is 9.83. The summed E-state index contributed by atoms with van der Waals surface area (Å²) in [6, 6.07) is 1.73. The summed E-state index contributed by atoms with van der Waals surface area (Å²) in [5.41, 5.74) is 0.407. The van der Waals surface area contributed by atoms with Gasteiger partial charge < -0.3 is 36.0 Å². The maximum absolute atomic E-state index is 6.24. The lowest BCUT2D eigenvalue weighted by Crippen LogP contribution is -2.46. The van der Waals surface area contributed by atoms with Crippen molar-refractivity contribution in [2.75, 3.05) is 64.4 Å². The summed E-state index contributed by atoms with van der Waals surface area (Å²) in [6.07, 6.45) is 6.97. The van der Waals surface area contributed by atoms with Crippen LogP contribution < -0.4 is 0 Å². The summed E-state index contributed by atoms with van der Waals surface area (Å²) in [6.45, 7) is 21.9. The zero-order valence-corrected chi connectivity index (χ0v) is 31.8. The second-order valence-electron chi connectivity index (χ2n) is 10.6. The van der Waals surface area contributed by atoms with Gasteiger partial charge in [-0.1, -0.05) is 0 Å². The first-order valence-electron chi connectivity index (χ1n) is 16.6. The number of hydrogen-bond donors (Lipinski definition) is 0. The average molecular weight is 673 g/mol. The molecule has 2 unspecified atom stereocenters. The molecule has 0 N–H and O–H groups in total. The Morgan fingerprint density at radius 3 is 1.07 bits per heavy atom. The fourth-order valence-corrected chi connectivity index (χ4v) is 12.7. The molecule has 1 aliphatic rings. The van der Waals surface area contributed by atoms with E-state index < -0.39 is 17.6 Å². The van der Waals surface area contributed by atoms with E-state index in [9.17, 15) is 0 Å². The predicted octanol–water partition coefficient (Wildman–Crippen LogP) is 7.86. The molecule has 1 aliphatic carbocycles. The third-order valence-corrected chi connectivity index (χ3v) is 15.8. The van der Waals surface area contributed by atoms with Crippen LogP contribution in [0.1, 0.15) is 93.9 Å². The van der Waals surface area contributed by atoms with Crippen LogP contribution in [0.15, 0.2) is 0 Å². The second-order valence-corrected chi connectivity index (χ2v) is 18.9. The molecule has 0 aromatic heterocycles. The Hall–Kier alpha value is 0.814. The molecule has 1 fully saturated rings. The van der Waals surface area contributed by atoms with E-state index in [4.69, 9.17) is 36.0 Å². The Kier molecular flexibility index (Phi) is 24.3. The molecular formula is C30H64O8S2Si2. The van der Waals surface area contributed by atoms with Gasteiger partial charge in [0, 0.05) is 51.7 Å². The fourth-order valence-electron chi connectivity index (χ4n) is 5.28. The Morgan fingerprint density at radius 1 is 0.524 bits per heavy atom.